The standard InChI is InChI=1S/C18H19ClN2O3S/c1-14(22)15-5-4-6-16(13-15)20-9-11-21(12-10-20)25(23,24)18-8-3-2-7-17(18)19/h2-8,13H,9-12H2,1H3. The molecule has 7 heteroatoms. The summed E-state index contributed by atoms with van der Waals surface area (Å²) in [5.74, 6) is 0.0155. The van der Waals surface area contributed by atoms with E-state index in [0.717, 1.165) is 5.69 Å². The maximum absolute atomic E-state index is 12.8. The molecule has 0 atom stereocenters. The van der Waals surface area contributed by atoms with Crippen molar-refractivity contribution in [3.8, 4) is 0 Å². The number of hydrogen-bond acceptors (Lipinski definition) is 4. The first-order valence-corrected chi connectivity index (χ1v) is 9.82. The molecule has 0 spiro atoms. The van der Waals surface area contributed by atoms with E-state index >= 15 is 0 Å². The zero-order valence-electron chi connectivity index (χ0n) is 13.9. The summed E-state index contributed by atoms with van der Waals surface area (Å²) in [6, 6.07) is 13.9. The lowest BCUT2D eigenvalue weighted by Gasteiger charge is -2.35. The van der Waals surface area contributed by atoms with Crippen molar-refractivity contribution in [1.29, 1.82) is 0 Å². The molecule has 1 fully saturated rings. The van der Waals surface area contributed by atoms with Gasteiger partial charge in [-0.2, -0.15) is 4.31 Å². The smallest absolute Gasteiger partial charge is 0.244 e. The lowest BCUT2D eigenvalue weighted by atomic mass is 10.1. The maximum atomic E-state index is 12.8. The molecule has 1 saturated heterocycles. The van der Waals surface area contributed by atoms with Gasteiger partial charge in [-0.25, -0.2) is 8.42 Å². The average Bonchev–Trinajstić information content (AvgIpc) is 2.62. The average molecular weight is 379 g/mol. The van der Waals surface area contributed by atoms with Crippen LogP contribution in [0, 0.1) is 0 Å². The first-order chi connectivity index (χ1) is 11.9. The van der Waals surface area contributed by atoms with Crippen LogP contribution in [0.1, 0.15) is 17.3 Å². The van der Waals surface area contributed by atoms with E-state index in [4.69, 9.17) is 11.6 Å². The summed E-state index contributed by atoms with van der Waals surface area (Å²) >= 11 is 6.05. The molecule has 0 aliphatic carbocycles. The second-order valence-electron chi connectivity index (χ2n) is 5.93. The van der Waals surface area contributed by atoms with Crippen molar-refractivity contribution in [3.05, 3.63) is 59.1 Å². The van der Waals surface area contributed by atoms with Gasteiger partial charge in [-0.3, -0.25) is 4.79 Å². The third-order valence-corrected chi connectivity index (χ3v) is 6.71. The van der Waals surface area contributed by atoms with Gasteiger partial charge in [0.15, 0.2) is 5.78 Å². The van der Waals surface area contributed by atoms with Gasteiger partial charge in [0.2, 0.25) is 10.0 Å². The molecule has 2 aromatic carbocycles. The van der Waals surface area contributed by atoms with Gasteiger partial charge >= 0.3 is 0 Å². The Morgan fingerprint density at radius 1 is 1.00 bits per heavy atom. The minimum absolute atomic E-state index is 0.0155. The van der Waals surface area contributed by atoms with Crippen LogP contribution < -0.4 is 4.90 Å². The summed E-state index contributed by atoms with van der Waals surface area (Å²) < 4.78 is 27.0. The van der Waals surface area contributed by atoms with Crippen LogP contribution in [0.5, 0.6) is 0 Å². The quantitative estimate of drug-likeness (QED) is 0.767. The van der Waals surface area contributed by atoms with E-state index in [-0.39, 0.29) is 15.7 Å². The number of Topliss-reactive ketones (excluding diaryl/α,β-unsaturated/α-hetero) is 1. The number of anilines is 1. The Hall–Kier alpha value is -1.89. The number of halogens is 1. The highest BCUT2D eigenvalue weighted by Crippen LogP contribution is 2.26. The molecule has 0 amide bonds. The molecule has 2 aromatic rings. The van der Waals surface area contributed by atoms with Crippen molar-refractivity contribution < 1.29 is 13.2 Å². The molecular formula is C18H19ClN2O3S. The lowest BCUT2D eigenvalue weighted by molar-refractivity contribution is 0.101. The molecule has 0 bridgehead atoms. The summed E-state index contributed by atoms with van der Waals surface area (Å²) in [6.07, 6.45) is 0. The van der Waals surface area contributed by atoms with Crippen LogP contribution in [0.15, 0.2) is 53.4 Å². The van der Waals surface area contributed by atoms with Crippen LogP contribution in [0.25, 0.3) is 0 Å². The molecule has 25 heavy (non-hydrogen) atoms. The fourth-order valence-electron chi connectivity index (χ4n) is 2.90. The zero-order chi connectivity index (χ0) is 18.0. The Morgan fingerprint density at radius 3 is 2.32 bits per heavy atom. The van der Waals surface area contributed by atoms with Gasteiger partial charge in [0.05, 0.1) is 5.02 Å². The summed E-state index contributed by atoms with van der Waals surface area (Å²) in [6.45, 7) is 3.40. The molecule has 0 unspecified atom stereocenters. The first-order valence-electron chi connectivity index (χ1n) is 8.00. The summed E-state index contributed by atoms with van der Waals surface area (Å²) in [7, 11) is -3.60. The summed E-state index contributed by atoms with van der Waals surface area (Å²) in [5.41, 5.74) is 1.59. The number of carbonyl (C=O) groups is 1. The minimum atomic E-state index is -3.60. The van der Waals surface area contributed by atoms with E-state index in [1.54, 1.807) is 24.3 Å². The monoisotopic (exact) mass is 378 g/mol. The molecular weight excluding hydrogens is 360 g/mol. The number of sulfonamides is 1. The predicted octanol–water partition coefficient (Wildman–Crippen LogP) is 3.05. The highest BCUT2D eigenvalue weighted by atomic mass is 35.5. The molecule has 1 heterocycles. The molecule has 0 aromatic heterocycles. The molecule has 132 valence electrons. The van der Waals surface area contributed by atoms with Gasteiger partial charge in [-0.1, -0.05) is 35.9 Å². The van der Waals surface area contributed by atoms with Gasteiger partial charge < -0.3 is 4.90 Å². The number of benzene rings is 2. The highest BCUT2D eigenvalue weighted by Gasteiger charge is 2.30. The molecule has 1 aliphatic rings. The minimum Gasteiger partial charge on any atom is -0.369 e. The van der Waals surface area contributed by atoms with Crippen molar-refractivity contribution in [3.63, 3.8) is 0 Å². The van der Waals surface area contributed by atoms with Gasteiger partial charge in [0.25, 0.3) is 0 Å². The Kier molecular flexibility index (Phi) is 5.13. The normalized spacial score (nSPS) is 16.0. The van der Waals surface area contributed by atoms with Crippen molar-refractivity contribution in [2.24, 2.45) is 0 Å². The van der Waals surface area contributed by atoms with E-state index in [2.05, 4.69) is 4.90 Å². The third-order valence-electron chi connectivity index (χ3n) is 4.31. The van der Waals surface area contributed by atoms with Gasteiger partial charge in [0.1, 0.15) is 4.90 Å². The van der Waals surface area contributed by atoms with Gasteiger partial charge in [-0.05, 0) is 31.2 Å². The lowest BCUT2D eigenvalue weighted by Crippen LogP contribution is -2.48. The van der Waals surface area contributed by atoms with Crippen LogP contribution >= 0.6 is 11.6 Å². The van der Waals surface area contributed by atoms with Gasteiger partial charge in [0, 0.05) is 37.4 Å². The van der Waals surface area contributed by atoms with Crippen LogP contribution in [0.3, 0.4) is 0 Å². The Balaban J connectivity index is 1.75. The highest BCUT2D eigenvalue weighted by molar-refractivity contribution is 7.89. The van der Waals surface area contributed by atoms with Crippen molar-refractivity contribution in [1.82, 2.24) is 4.31 Å². The predicted molar refractivity (Wildman–Crippen MR) is 98.9 cm³/mol. The van der Waals surface area contributed by atoms with Crippen LogP contribution in [-0.2, 0) is 10.0 Å². The SMILES string of the molecule is CC(=O)c1cccc(N2CCN(S(=O)(=O)c3ccccc3Cl)CC2)c1. The molecule has 0 radical (unpaired) electrons. The van der Waals surface area contributed by atoms with E-state index in [0.29, 0.717) is 31.7 Å². The number of nitrogens with zero attached hydrogens (tertiary/aromatic N) is 2. The largest absolute Gasteiger partial charge is 0.369 e. The van der Waals surface area contributed by atoms with E-state index in [9.17, 15) is 13.2 Å². The fourth-order valence-corrected chi connectivity index (χ4v) is 4.82. The van der Waals surface area contributed by atoms with E-state index in [1.807, 2.05) is 18.2 Å². The van der Waals surface area contributed by atoms with E-state index < -0.39 is 10.0 Å². The Labute approximate surface area is 152 Å². The number of ketones is 1. The first kappa shape index (κ1) is 17.9. The van der Waals surface area contributed by atoms with Crippen molar-refractivity contribution >= 4 is 33.1 Å². The van der Waals surface area contributed by atoms with Crippen LogP contribution in [0.4, 0.5) is 5.69 Å². The fraction of sp³-hybridized carbons (Fsp3) is 0.278. The Morgan fingerprint density at radius 2 is 1.68 bits per heavy atom. The maximum Gasteiger partial charge on any atom is 0.244 e. The Bertz CT molecular complexity index is 891. The van der Waals surface area contributed by atoms with Crippen LogP contribution in [-0.4, -0.2) is 44.7 Å². The molecule has 0 saturated carbocycles. The van der Waals surface area contributed by atoms with Crippen LogP contribution in [0.2, 0.25) is 5.02 Å². The summed E-state index contributed by atoms with van der Waals surface area (Å²) in [4.78, 5) is 13.8. The van der Waals surface area contributed by atoms with Crippen molar-refractivity contribution in [2.45, 2.75) is 11.8 Å². The van der Waals surface area contributed by atoms with Crippen molar-refractivity contribution in [2.75, 3.05) is 31.1 Å². The molecule has 5 nitrogen and oxygen atoms in total. The third kappa shape index (κ3) is 3.71. The topological polar surface area (TPSA) is 57.7 Å². The zero-order valence-corrected chi connectivity index (χ0v) is 15.4. The number of rotatable bonds is 4. The number of piperazine rings is 1. The number of hydrogen-bond donors (Lipinski definition) is 0. The molecule has 1 aliphatic heterocycles. The number of carbonyl (C=O) groups excluding carboxylic acids is 1. The second kappa shape index (κ2) is 7.15. The summed E-state index contributed by atoms with van der Waals surface area (Å²) in [5, 5.41) is 0.235. The molecule has 3 rings (SSSR count). The van der Waals surface area contributed by atoms with E-state index in [1.165, 1.54) is 17.3 Å². The second-order valence-corrected chi connectivity index (χ2v) is 8.24. The van der Waals surface area contributed by atoms with Gasteiger partial charge in [-0.15, -0.1) is 0 Å². The molecule has 0 N–H and O–H groups in total.